The summed E-state index contributed by atoms with van der Waals surface area (Å²) in [5, 5.41) is 6.83. The van der Waals surface area contributed by atoms with Gasteiger partial charge in [0.05, 0.1) is 5.56 Å². The normalized spacial score (nSPS) is 10.4. The van der Waals surface area contributed by atoms with E-state index in [0.717, 1.165) is 16.7 Å². The highest BCUT2D eigenvalue weighted by atomic mass is 16.2. The van der Waals surface area contributed by atoms with E-state index in [2.05, 4.69) is 10.4 Å². The SMILES string of the molecule is CNC(=O)Cn1nc(-c2ccc(C)cc2C)c(C=O)c1N. The number of nitrogen functional groups attached to an aromatic ring is 1. The molecule has 1 aromatic heterocycles. The van der Waals surface area contributed by atoms with Gasteiger partial charge in [-0.3, -0.25) is 9.59 Å². The van der Waals surface area contributed by atoms with E-state index in [0.29, 0.717) is 17.5 Å². The Balaban J connectivity index is 2.55. The number of hydrogen-bond acceptors (Lipinski definition) is 4. The van der Waals surface area contributed by atoms with Gasteiger partial charge in [-0.15, -0.1) is 0 Å². The molecule has 1 heterocycles. The van der Waals surface area contributed by atoms with E-state index in [1.807, 2.05) is 32.0 Å². The summed E-state index contributed by atoms with van der Waals surface area (Å²) in [6.45, 7) is 3.93. The molecule has 0 aliphatic heterocycles. The maximum atomic E-state index is 11.5. The number of hydrogen-bond donors (Lipinski definition) is 2. The first-order valence-electron chi connectivity index (χ1n) is 6.57. The molecule has 3 N–H and O–H groups in total. The summed E-state index contributed by atoms with van der Waals surface area (Å²) in [4.78, 5) is 22.8. The molecule has 0 atom stereocenters. The third-order valence-electron chi connectivity index (χ3n) is 3.36. The summed E-state index contributed by atoms with van der Waals surface area (Å²) >= 11 is 0. The largest absolute Gasteiger partial charge is 0.383 e. The minimum atomic E-state index is -0.228. The second-order valence-corrected chi connectivity index (χ2v) is 4.91. The van der Waals surface area contributed by atoms with Crippen LogP contribution in [0.5, 0.6) is 0 Å². The zero-order valence-corrected chi connectivity index (χ0v) is 12.3. The molecule has 2 rings (SSSR count). The number of nitrogens with zero attached hydrogens (tertiary/aromatic N) is 2. The van der Waals surface area contributed by atoms with Gasteiger partial charge in [-0.05, 0) is 19.4 Å². The lowest BCUT2D eigenvalue weighted by molar-refractivity contribution is -0.121. The van der Waals surface area contributed by atoms with Crippen molar-refractivity contribution in [2.45, 2.75) is 20.4 Å². The summed E-state index contributed by atoms with van der Waals surface area (Å²) < 4.78 is 1.34. The Labute approximate surface area is 122 Å². The van der Waals surface area contributed by atoms with Crippen molar-refractivity contribution in [2.75, 3.05) is 12.8 Å². The molecule has 0 spiro atoms. The van der Waals surface area contributed by atoms with Gasteiger partial charge in [-0.1, -0.05) is 23.8 Å². The van der Waals surface area contributed by atoms with Crippen molar-refractivity contribution in [3.8, 4) is 11.3 Å². The van der Waals surface area contributed by atoms with Crippen LogP contribution >= 0.6 is 0 Å². The van der Waals surface area contributed by atoms with Crippen molar-refractivity contribution in [2.24, 2.45) is 0 Å². The van der Waals surface area contributed by atoms with Crippen LogP contribution < -0.4 is 11.1 Å². The van der Waals surface area contributed by atoms with E-state index in [9.17, 15) is 9.59 Å². The van der Waals surface area contributed by atoms with Gasteiger partial charge >= 0.3 is 0 Å². The number of rotatable bonds is 4. The number of carbonyl (C=O) groups excluding carboxylic acids is 2. The molecule has 0 aliphatic carbocycles. The summed E-state index contributed by atoms with van der Waals surface area (Å²) in [5.41, 5.74) is 9.71. The first-order chi connectivity index (χ1) is 9.97. The van der Waals surface area contributed by atoms with Crippen LogP contribution in [0.3, 0.4) is 0 Å². The highest BCUT2D eigenvalue weighted by Crippen LogP contribution is 2.28. The molecule has 1 amide bonds. The maximum Gasteiger partial charge on any atom is 0.241 e. The Morgan fingerprint density at radius 1 is 1.43 bits per heavy atom. The maximum absolute atomic E-state index is 11.5. The van der Waals surface area contributed by atoms with Gasteiger partial charge in [-0.25, -0.2) is 4.68 Å². The van der Waals surface area contributed by atoms with Gasteiger partial charge in [0, 0.05) is 12.6 Å². The number of amides is 1. The second-order valence-electron chi connectivity index (χ2n) is 4.91. The quantitative estimate of drug-likeness (QED) is 0.829. The Kier molecular flexibility index (Phi) is 4.07. The van der Waals surface area contributed by atoms with E-state index < -0.39 is 0 Å². The van der Waals surface area contributed by atoms with Crippen LogP contribution in [-0.2, 0) is 11.3 Å². The molecule has 21 heavy (non-hydrogen) atoms. The van der Waals surface area contributed by atoms with E-state index in [1.165, 1.54) is 11.7 Å². The van der Waals surface area contributed by atoms with E-state index in [1.54, 1.807) is 0 Å². The predicted octanol–water partition coefficient (Wildman–Crippen LogP) is 1.31. The predicted molar refractivity (Wildman–Crippen MR) is 81.0 cm³/mol. The molecule has 0 saturated carbocycles. The zero-order valence-electron chi connectivity index (χ0n) is 12.3. The molecule has 110 valence electrons. The average Bonchev–Trinajstić information content (AvgIpc) is 2.75. The van der Waals surface area contributed by atoms with Gasteiger partial charge in [-0.2, -0.15) is 5.10 Å². The van der Waals surface area contributed by atoms with E-state index >= 15 is 0 Å². The third kappa shape index (κ3) is 2.79. The molecule has 0 radical (unpaired) electrons. The van der Waals surface area contributed by atoms with Gasteiger partial charge < -0.3 is 11.1 Å². The lowest BCUT2D eigenvalue weighted by Crippen LogP contribution is -2.24. The first-order valence-corrected chi connectivity index (χ1v) is 6.57. The summed E-state index contributed by atoms with van der Waals surface area (Å²) in [5.74, 6) is -0.0302. The standard InChI is InChI=1S/C15H18N4O2/c1-9-4-5-11(10(2)6-9)14-12(8-20)15(16)19(18-14)7-13(21)17-3/h4-6,8H,7,16H2,1-3H3,(H,17,21). The minimum absolute atomic E-state index is 0.0198. The lowest BCUT2D eigenvalue weighted by Gasteiger charge is -2.04. The fraction of sp³-hybridized carbons (Fsp3) is 0.267. The Hall–Kier alpha value is -2.63. The number of aldehydes is 1. The highest BCUT2D eigenvalue weighted by Gasteiger charge is 2.19. The van der Waals surface area contributed by atoms with Crippen LogP contribution in [-0.4, -0.2) is 29.0 Å². The van der Waals surface area contributed by atoms with Gasteiger partial charge in [0.25, 0.3) is 0 Å². The van der Waals surface area contributed by atoms with Crippen molar-refractivity contribution in [1.82, 2.24) is 15.1 Å². The Morgan fingerprint density at radius 2 is 2.14 bits per heavy atom. The van der Waals surface area contributed by atoms with Crippen molar-refractivity contribution >= 4 is 18.0 Å². The number of nitrogens with two attached hydrogens (primary N) is 1. The highest BCUT2D eigenvalue weighted by molar-refractivity contribution is 5.92. The topological polar surface area (TPSA) is 90.0 Å². The van der Waals surface area contributed by atoms with Crippen LogP contribution in [0, 0.1) is 13.8 Å². The molecular weight excluding hydrogens is 268 g/mol. The summed E-state index contributed by atoms with van der Waals surface area (Å²) in [6, 6.07) is 5.87. The number of carbonyl (C=O) groups is 2. The molecule has 0 aliphatic rings. The second kappa shape index (κ2) is 5.78. The van der Waals surface area contributed by atoms with Crippen molar-refractivity contribution in [3.63, 3.8) is 0 Å². The van der Waals surface area contributed by atoms with Crippen LogP contribution in [0.4, 0.5) is 5.82 Å². The van der Waals surface area contributed by atoms with Crippen molar-refractivity contribution in [1.29, 1.82) is 0 Å². The van der Waals surface area contributed by atoms with Crippen molar-refractivity contribution < 1.29 is 9.59 Å². The number of benzene rings is 1. The van der Waals surface area contributed by atoms with Crippen LogP contribution in [0.15, 0.2) is 18.2 Å². The molecule has 0 unspecified atom stereocenters. The van der Waals surface area contributed by atoms with Crippen molar-refractivity contribution in [3.05, 3.63) is 34.9 Å². The number of likely N-dealkylation sites (N-methyl/N-ethyl adjacent to an activating group) is 1. The van der Waals surface area contributed by atoms with E-state index in [4.69, 9.17) is 5.73 Å². The summed E-state index contributed by atoms with van der Waals surface area (Å²) in [7, 11) is 1.54. The molecular formula is C15H18N4O2. The Morgan fingerprint density at radius 3 is 2.71 bits per heavy atom. The van der Waals surface area contributed by atoms with Crippen LogP contribution in [0.2, 0.25) is 0 Å². The monoisotopic (exact) mass is 286 g/mol. The first kappa shape index (κ1) is 14.8. The zero-order chi connectivity index (χ0) is 15.6. The molecule has 0 bridgehead atoms. The number of nitrogens with one attached hydrogen (secondary N) is 1. The minimum Gasteiger partial charge on any atom is -0.383 e. The molecule has 2 aromatic rings. The fourth-order valence-corrected chi connectivity index (χ4v) is 2.22. The van der Waals surface area contributed by atoms with Gasteiger partial charge in [0.2, 0.25) is 5.91 Å². The lowest BCUT2D eigenvalue weighted by atomic mass is 10.0. The van der Waals surface area contributed by atoms with Crippen LogP contribution in [0.1, 0.15) is 21.5 Å². The number of aromatic nitrogens is 2. The summed E-state index contributed by atoms with van der Waals surface area (Å²) in [6.07, 6.45) is 0.678. The molecule has 6 nitrogen and oxygen atoms in total. The van der Waals surface area contributed by atoms with Gasteiger partial charge in [0.1, 0.15) is 18.1 Å². The smallest absolute Gasteiger partial charge is 0.241 e. The fourth-order valence-electron chi connectivity index (χ4n) is 2.22. The van der Waals surface area contributed by atoms with E-state index in [-0.39, 0.29) is 18.3 Å². The molecule has 1 aromatic carbocycles. The van der Waals surface area contributed by atoms with Crippen LogP contribution in [0.25, 0.3) is 11.3 Å². The average molecular weight is 286 g/mol. The number of aryl methyl sites for hydroxylation is 2. The number of anilines is 1. The molecule has 6 heteroatoms. The Bertz CT molecular complexity index is 704. The van der Waals surface area contributed by atoms with Gasteiger partial charge in [0.15, 0.2) is 6.29 Å². The molecule has 0 saturated heterocycles. The third-order valence-corrected chi connectivity index (χ3v) is 3.36. The molecule has 0 fully saturated rings.